The van der Waals surface area contributed by atoms with E-state index in [2.05, 4.69) is 0 Å². The Morgan fingerprint density at radius 1 is 1.36 bits per heavy atom. The molecule has 0 aliphatic heterocycles. The monoisotopic (exact) mass is 158 g/mol. The van der Waals surface area contributed by atoms with E-state index in [0.29, 0.717) is 6.42 Å². The van der Waals surface area contributed by atoms with Crippen molar-refractivity contribution in [1.29, 1.82) is 0 Å². The Hall–Kier alpha value is -0.370. The molecule has 0 bridgehead atoms. The SMILES string of the molecule is CC.CC1[C@@H](O)CC(=O)[C@@H]1C. The van der Waals surface area contributed by atoms with Gasteiger partial charge >= 0.3 is 0 Å². The van der Waals surface area contributed by atoms with E-state index in [1.54, 1.807) is 0 Å². The summed E-state index contributed by atoms with van der Waals surface area (Å²) in [5, 5.41) is 9.12. The lowest BCUT2D eigenvalue weighted by atomic mass is 9.99. The van der Waals surface area contributed by atoms with E-state index in [1.807, 2.05) is 27.7 Å². The molecule has 11 heavy (non-hydrogen) atoms. The molecule has 0 aromatic heterocycles. The first-order valence-corrected chi connectivity index (χ1v) is 4.33. The van der Waals surface area contributed by atoms with Crippen LogP contribution in [0.2, 0.25) is 0 Å². The van der Waals surface area contributed by atoms with Crippen molar-refractivity contribution in [1.82, 2.24) is 0 Å². The van der Waals surface area contributed by atoms with Crippen molar-refractivity contribution in [2.45, 2.75) is 40.2 Å². The molecule has 1 fully saturated rings. The van der Waals surface area contributed by atoms with Gasteiger partial charge in [0.2, 0.25) is 0 Å². The maximum atomic E-state index is 10.8. The summed E-state index contributed by atoms with van der Waals surface area (Å²) in [7, 11) is 0. The van der Waals surface area contributed by atoms with Gasteiger partial charge in [-0.3, -0.25) is 4.79 Å². The van der Waals surface area contributed by atoms with Gasteiger partial charge in [0, 0.05) is 12.3 Å². The van der Waals surface area contributed by atoms with Crippen LogP contribution in [-0.2, 0) is 4.79 Å². The van der Waals surface area contributed by atoms with Crippen LogP contribution in [-0.4, -0.2) is 17.0 Å². The Balaban J connectivity index is 0.000000461. The van der Waals surface area contributed by atoms with Gasteiger partial charge in [0.1, 0.15) is 5.78 Å². The van der Waals surface area contributed by atoms with E-state index in [1.165, 1.54) is 0 Å². The summed E-state index contributed by atoms with van der Waals surface area (Å²) in [4.78, 5) is 10.8. The van der Waals surface area contributed by atoms with Crippen molar-refractivity contribution >= 4 is 5.78 Å². The van der Waals surface area contributed by atoms with Crippen LogP contribution in [0.15, 0.2) is 0 Å². The molecule has 0 saturated heterocycles. The molecule has 0 heterocycles. The summed E-state index contributed by atoms with van der Waals surface area (Å²) in [5.74, 6) is 0.437. The molecule has 0 aromatic rings. The number of hydrogen-bond donors (Lipinski definition) is 1. The standard InChI is InChI=1S/C7H12O2.C2H6/c1-4-5(2)7(9)3-6(4)8;1-2/h4-6,8H,3H2,1-2H3;1-2H3/t4?,5-,6+;/m1./s1. The normalized spacial score (nSPS) is 36.5. The molecule has 1 saturated carbocycles. The summed E-state index contributed by atoms with van der Waals surface area (Å²) >= 11 is 0. The molecule has 1 aliphatic carbocycles. The third kappa shape index (κ3) is 2.29. The number of hydrogen-bond acceptors (Lipinski definition) is 2. The zero-order chi connectivity index (χ0) is 9.02. The largest absolute Gasteiger partial charge is 0.392 e. The second-order valence-electron chi connectivity index (χ2n) is 2.89. The zero-order valence-corrected chi connectivity index (χ0v) is 7.79. The molecule has 0 aromatic carbocycles. The van der Waals surface area contributed by atoms with Gasteiger partial charge in [-0.1, -0.05) is 27.7 Å². The third-order valence-corrected chi connectivity index (χ3v) is 2.31. The highest BCUT2D eigenvalue weighted by molar-refractivity contribution is 5.83. The minimum atomic E-state index is -0.382. The lowest BCUT2D eigenvalue weighted by Crippen LogP contribution is -2.13. The van der Waals surface area contributed by atoms with Gasteiger partial charge in [0.05, 0.1) is 6.10 Å². The lowest BCUT2D eigenvalue weighted by molar-refractivity contribution is -0.120. The number of carbonyl (C=O) groups is 1. The first-order valence-electron chi connectivity index (χ1n) is 4.33. The summed E-state index contributed by atoms with van der Waals surface area (Å²) in [5.41, 5.74) is 0. The van der Waals surface area contributed by atoms with Crippen molar-refractivity contribution in [2.24, 2.45) is 11.8 Å². The number of aliphatic hydroxyl groups excluding tert-OH is 1. The molecule has 0 radical (unpaired) electrons. The maximum absolute atomic E-state index is 10.8. The molecule has 2 nitrogen and oxygen atoms in total. The van der Waals surface area contributed by atoms with E-state index in [0.717, 1.165) is 0 Å². The second kappa shape index (κ2) is 4.50. The van der Waals surface area contributed by atoms with E-state index < -0.39 is 0 Å². The van der Waals surface area contributed by atoms with Gasteiger partial charge in [-0.25, -0.2) is 0 Å². The molecule has 1 aliphatic rings. The van der Waals surface area contributed by atoms with E-state index in [-0.39, 0.29) is 23.7 Å². The quantitative estimate of drug-likeness (QED) is 0.581. The molecular formula is C9H18O2. The average molecular weight is 158 g/mol. The highest BCUT2D eigenvalue weighted by Crippen LogP contribution is 2.27. The predicted octanol–water partition coefficient (Wildman–Crippen LogP) is 1.62. The predicted molar refractivity (Wildman–Crippen MR) is 45.3 cm³/mol. The Morgan fingerprint density at radius 2 is 1.82 bits per heavy atom. The van der Waals surface area contributed by atoms with Crippen LogP contribution in [0.1, 0.15) is 34.1 Å². The third-order valence-electron chi connectivity index (χ3n) is 2.31. The summed E-state index contributed by atoms with van der Waals surface area (Å²) < 4.78 is 0. The Labute approximate surface area is 68.6 Å². The van der Waals surface area contributed by atoms with Gasteiger partial charge in [-0.15, -0.1) is 0 Å². The highest BCUT2D eigenvalue weighted by atomic mass is 16.3. The maximum Gasteiger partial charge on any atom is 0.138 e. The minimum absolute atomic E-state index is 0.0694. The molecule has 1 unspecified atom stereocenters. The van der Waals surface area contributed by atoms with Gasteiger partial charge in [0.15, 0.2) is 0 Å². The number of carbonyl (C=O) groups excluding carboxylic acids is 1. The van der Waals surface area contributed by atoms with E-state index >= 15 is 0 Å². The number of rotatable bonds is 0. The number of Topliss-reactive ketones (excluding diaryl/α,β-unsaturated/α-hetero) is 1. The van der Waals surface area contributed by atoms with Crippen LogP contribution in [0, 0.1) is 11.8 Å². The Kier molecular flexibility index (Phi) is 4.34. The van der Waals surface area contributed by atoms with Gasteiger partial charge in [-0.05, 0) is 5.92 Å². The first-order chi connectivity index (χ1) is 5.13. The minimum Gasteiger partial charge on any atom is -0.392 e. The highest BCUT2D eigenvalue weighted by Gasteiger charge is 2.34. The van der Waals surface area contributed by atoms with E-state index in [9.17, 15) is 4.79 Å². The average Bonchev–Trinajstić information content (AvgIpc) is 2.22. The van der Waals surface area contributed by atoms with Crippen molar-refractivity contribution in [3.05, 3.63) is 0 Å². The van der Waals surface area contributed by atoms with E-state index in [4.69, 9.17) is 5.11 Å². The summed E-state index contributed by atoms with van der Waals surface area (Å²) in [6.45, 7) is 7.80. The van der Waals surface area contributed by atoms with Gasteiger partial charge in [-0.2, -0.15) is 0 Å². The fourth-order valence-corrected chi connectivity index (χ4v) is 1.20. The molecule has 1 rings (SSSR count). The molecule has 1 N–H and O–H groups in total. The first kappa shape index (κ1) is 10.6. The summed E-state index contributed by atoms with van der Waals surface area (Å²) in [6.07, 6.45) is -0.0185. The molecular weight excluding hydrogens is 140 g/mol. The molecule has 2 heteroatoms. The van der Waals surface area contributed by atoms with Gasteiger partial charge < -0.3 is 5.11 Å². The van der Waals surface area contributed by atoms with Crippen molar-refractivity contribution in [3.8, 4) is 0 Å². The smallest absolute Gasteiger partial charge is 0.138 e. The topological polar surface area (TPSA) is 37.3 Å². The zero-order valence-electron chi connectivity index (χ0n) is 7.79. The number of ketones is 1. The van der Waals surface area contributed by atoms with Gasteiger partial charge in [0.25, 0.3) is 0 Å². The van der Waals surface area contributed by atoms with Crippen LogP contribution in [0.4, 0.5) is 0 Å². The number of aliphatic hydroxyl groups is 1. The summed E-state index contributed by atoms with van der Waals surface area (Å²) in [6, 6.07) is 0. The molecule has 66 valence electrons. The van der Waals surface area contributed by atoms with Crippen LogP contribution in [0.3, 0.4) is 0 Å². The van der Waals surface area contributed by atoms with Crippen molar-refractivity contribution < 1.29 is 9.90 Å². The molecule has 3 atom stereocenters. The Bertz CT molecular complexity index is 132. The fraction of sp³-hybridized carbons (Fsp3) is 0.889. The van der Waals surface area contributed by atoms with Crippen LogP contribution >= 0.6 is 0 Å². The second-order valence-corrected chi connectivity index (χ2v) is 2.89. The van der Waals surface area contributed by atoms with Crippen LogP contribution in [0.5, 0.6) is 0 Å². The van der Waals surface area contributed by atoms with Crippen LogP contribution < -0.4 is 0 Å². The van der Waals surface area contributed by atoms with Crippen LogP contribution in [0.25, 0.3) is 0 Å². The molecule has 0 spiro atoms. The Morgan fingerprint density at radius 3 is 1.91 bits per heavy atom. The van der Waals surface area contributed by atoms with Crippen molar-refractivity contribution in [3.63, 3.8) is 0 Å². The van der Waals surface area contributed by atoms with Crippen molar-refractivity contribution in [2.75, 3.05) is 0 Å². The fourth-order valence-electron chi connectivity index (χ4n) is 1.20. The lowest BCUT2D eigenvalue weighted by Gasteiger charge is -2.09. The molecule has 0 amide bonds.